The maximum absolute atomic E-state index is 12.1. The highest BCUT2D eigenvalue weighted by atomic mass is 79.9. The molecule has 0 aromatic carbocycles. The van der Waals surface area contributed by atoms with E-state index in [0.717, 1.165) is 24.8 Å². The van der Waals surface area contributed by atoms with Crippen LogP contribution in [0.1, 0.15) is 40.0 Å². The number of alkyl halides is 1. The van der Waals surface area contributed by atoms with Gasteiger partial charge in [-0.25, -0.2) is 4.79 Å². The summed E-state index contributed by atoms with van der Waals surface area (Å²) in [6.07, 6.45) is 2.05. The van der Waals surface area contributed by atoms with E-state index in [9.17, 15) is 9.90 Å². The van der Waals surface area contributed by atoms with E-state index < -0.39 is 17.3 Å². The van der Waals surface area contributed by atoms with Gasteiger partial charge >= 0.3 is 5.97 Å². The molecule has 3 aliphatic carbocycles. The molecule has 0 amide bonds. The third kappa shape index (κ3) is 1.46. The van der Waals surface area contributed by atoms with E-state index in [1.165, 1.54) is 5.57 Å². The Morgan fingerprint density at radius 1 is 1.31 bits per heavy atom. The lowest BCUT2D eigenvalue weighted by Gasteiger charge is -2.55. The van der Waals surface area contributed by atoms with Gasteiger partial charge in [0.15, 0.2) is 5.60 Å². The molecule has 6 heteroatoms. The second-order valence-corrected chi connectivity index (χ2v) is 10.7. The highest BCUT2D eigenvalue weighted by molar-refractivity contribution is 9.09. The minimum absolute atomic E-state index is 0.0179. The van der Waals surface area contributed by atoms with E-state index in [1.807, 2.05) is 0 Å². The van der Waals surface area contributed by atoms with Crippen molar-refractivity contribution in [1.29, 1.82) is 0 Å². The van der Waals surface area contributed by atoms with Crippen molar-refractivity contribution < 1.29 is 24.1 Å². The summed E-state index contributed by atoms with van der Waals surface area (Å²) in [6.45, 7) is 7.05. The van der Waals surface area contributed by atoms with Crippen LogP contribution in [0.15, 0.2) is 11.1 Å². The first-order valence-corrected chi connectivity index (χ1v) is 10.8. The Bertz CT molecular complexity index is 763. The summed E-state index contributed by atoms with van der Waals surface area (Å²) in [5.41, 5.74) is 0.913. The average Bonchev–Trinajstić information content (AvgIpc) is 3.45. The first-order chi connectivity index (χ1) is 12.3. The van der Waals surface area contributed by atoms with E-state index in [2.05, 4.69) is 36.7 Å². The van der Waals surface area contributed by atoms with E-state index in [0.29, 0.717) is 12.5 Å². The van der Waals surface area contributed by atoms with Gasteiger partial charge in [0.2, 0.25) is 0 Å². The van der Waals surface area contributed by atoms with E-state index in [4.69, 9.17) is 14.2 Å². The summed E-state index contributed by atoms with van der Waals surface area (Å²) >= 11 is 3.88. The first kappa shape index (κ1) is 16.5. The normalized spacial score (nSPS) is 59.1. The molecular formula is C20H25BrO5. The van der Waals surface area contributed by atoms with Crippen LogP contribution in [-0.4, -0.2) is 52.0 Å². The van der Waals surface area contributed by atoms with Crippen molar-refractivity contribution >= 4 is 21.9 Å². The van der Waals surface area contributed by atoms with Gasteiger partial charge in [-0.05, 0) is 36.7 Å². The van der Waals surface area contributed by atoms with Gasteiger partial charge in [0.05, 0.1) is 12.2 Å². The Hall–Kier alpha value is -0.430. The SMILES string of the molecule is CC(C)[C@@H]1[C@H](Br)[C@@H]2O[C@]23[C@]2(O[C@H]2CC2C4=C(CC[C@@]23C)C(=O)OC4)[C@@H]1O. The maximum atomic E-state index is 12.1. The summed E-state index contributed by atoms with van der Waals surface area (Å²) in [7, 11) is 0. The molecule has 1 N–H and O–H groups in total. The van der Waals surface area contributed by atoms with Gasteiger partial charge in [0, 0.05) is 21.7 Å². The molecule has 26 heavy (non-hydrogen) atoms. The molecule has 2 saturated carbocycles. The van der Waals surface area contributed by atoms with Gasteiger partial charge in [-0.15, -0.1) is 0 Å². The van der Waals surface area contributed by atoms with Crippen molar-refractivity contribution in [2.75, 3.05) is 6.61 Å². The second-order valence-electron chi connectivity index (χ2n) is 9.67. The standard InChI is InChI=1S/C20H25BrO5/c1-8(2)13-14(21)16-20(26-16)18(3)5-4-9-10(7-24-17(9)23)11(18)6-12-19(20,25-12)15(13)22/h8,11-16,22H,4-7H2,1-3H3/t11?,12-,13+,14-,15+,16-,18-,19+,20+/m0/s1. The monoisotopic (exact) mass is 424 g/mol. The van der Waals surface area contributed by atoms with Crippen molar-refractivity contribution in [3.63, 3.8) is 0 Å². The van der Waals surface area contributed by atoms with E-state index in [-0.39, 0.29) is 40.3 Å². The highest BCUT2D eigenvalue weighted by Crippen LogP contribution is 2.79. The van der Waals surface area contributed by atoms with Crippen LogP contribution in [0.2, 0.25) is 0 Å². The molecule has 1 unspecified atom stereocenters. The fraction of sp³-hybridized carbons (Fsp3) is 0.850. The van der Waals surface area contributed by atoms with Crippen LogP contribution in [0.4, 0.5) is 0 Å². The number of halogens is 1. The van der Waals surface area contributed by atoms with Crippen molar-refractivity contribution in [1.82, 2.24) is 0 Å². The number of rotatable bonds is 1. The molecule has 2 saturated heterocycles. The van der Waals surface area contributed by atoms with Gasteiger partial charge in [-0.2, -0.15) is 0 Å². The van der Waals surface area contributed by atoms with Crippen LogP contribution in [0.5, 0.6) is 0 Å². The lowest BCUT2D eigenvalue weighted by Crippen LogP contribution is -2.68. The van der Waals surface area contributed by atoms with Crippen molar-refractivity contribution in [2.24, 2.45) is 23.2 Å². The molecule has 0 bridgehead atoms. The van der Waals surface area contributed by atoms with E-state index in [1.54, 1.807) is 0 Å². The average molecular weight is 425 g/mol. The second kappa shape index (κ2) is 4.58. The molecular weight excluding hydrogens is 400 g/mol. The Morgan fingerprint density at radius 3 is 2.81 bits per heavy atom. The number of fused-ring (bicyclic) bond motifs is 2. The zero-order valence-electron chi connectivity index (χ0n) is 15.3. The zero-order valence-corrected chi connectivity index (χ0v) is 16.9. The third-order valence-electron chi connectivity index (χ3n) is 8.60. The number of aliphatic hydroxyl groups is 1. The summed E-state index contributed by atoms with van der Waals surface area (Å²) in [5, 5.41) is 11.4. The summed E-state index contributed by atoms with van der Waals surface area (Å²) in [5.74, 6) is 0.576. The predicted octanol–water partition coefficient (Wildman–Crippen LogP) is 2.35. The largest absolute Gasteiger partial charge is 0.458 e. The number of carbonyl (C=O) groups excluding carboxylic acids is 1. The molecule has 6 rings (SSSR count). The maximum Gasteiger partial charge on any atom is 0.334 e. The van der Waals surface area contributed by atoms with Gasteiger partial charge in [-0.1, -0.05) is 36.7 Å². The molecule has 4 fully saturated rings. The Kier molecular flexibility index (Phi) is 2.91. The molecule has 0 radical (unpaired) electrons. The third-order valence-corrected chi connectivity index (χ3v) is 9.69. The van der Waals surface area contributed by atoms with Gasteiger partial charge in [0.25, 0.3) is 0 Å². The van der Waals surface area contributed by atoms with Gasteiger partial charge in [-0.3, -0.25) is 0 Å². The zero-order chi connectivity index (χ0) is 18.2. The summed E-state index contributed by atoms with van der Waals surface area (Å²) in [6, 6.07) is 0. The fourth-order valence-electron chi connectivity index (χ4n) is 7.33. The summed E-state index contributed by atoms with van der Waals surface area (Å²) < 4.78 is 18.2. The molecule has 6 aliphatic rings. The molecule has 5 nitrogen and oxygen atoms in total. The van der Waals surface area contributed by atoms with E-state index >= 15 is 0 Å². The number of hydrogen-bond acceptors (Lipinski definition) is 5. The molecule has 0 aromatic rings. The molecule has 9 atom stereocenters. The number of hydrogen-bond donors (Lipinski definition) is 1. The Balaban J connectivity index is 1.48. The van der Waals surface area contributed by atoms with Crippen LogP contribution >= 0.6 is 15.9 Å². The molecule has 2 spiro atoms. The van der Waals surface area contributed by atoms with Crippen molar-refractivity contribution in [3.8, 4) is 0 Å². The van der Waals surface area contributed by atoms with Crippen molar-refractivity contribution in [3.05, 3.63) is 11.1 Å². The lowest BCUT2D eigenvalue weighted by molar-refractivity contribution is -0.136. The minimum atomic E-state index is -0.566. The first-order valence-electron chi connectivity index (χ1n) is 9.86. The number of ether oxygens (including phenoxy) is 3. The fourth-order valence-corrected chi connectivity index (χ4v) is 8.71. The lowest BCUT2D eigenvalue weighted by atomic mass is 9.46. The van der Waals surface area contributed by atoms with Crippen LogP contribution < -0.4 is 0 Å². The van der Waals surface area contributed by atoms with Crippen LogP contribution in [0, 0.1) is 23.2 Å². The highest BCUT2D eigenvalue weighted by Gasteiger charge is 2.94. The Labute approximate surface area is 161 Å². The van der Waals surface area contributed by atoms with Crippen LogP contribution in [0.3, 0.4) is 0 Å². The predicted molar refractivity (Wildman–Crippen MR) is 95.7 cm³/mol. The van der Waals surface area contributed by atoms with Gasteiger partial charge in [0.1, 0.15) is 18.3 Å². The van der Waals surface area contributed by atoms with Crippen LogP contribution in [-0.2, 0) is 19.0 Å². The molecule has 0 aromatic heterocycles. The van der Waals surface area contributed by atoms with Crippen LogP contribution in [0.25, 0.3) is 0 Å². The molecule has 142 valence electrons. The van der Waals surface area contributed by atoms with Crippen molar-refractivity contribution in [2.45, 2.75) is 74.4 Å². The van der Waals surface area contributed by atoms with Gasteiger partial charge < -0.3 is 19.3 Å². The number of esters is 1. The molecule has 3 heterocycles. The topological polar surface area (TPSA) is 71.6 Å². The smallest absolute Gasteiger partial charge is 0.334 e. The number of epoxide rings is 2. The quantitative estimate of drug-likeness (QED) is 0.397. The number of carbonyl (C=O) groups is 1. The minimum Gasteiger partial charge on any atom is -0.458 e. The number of cyclic esters (lactones) is 1. The molecule has 3 aliphatic heterocycles. The number of aliphatic hydroxyl groups excluding tert-OH is 1. The Morgan fingerprint density at radius 2 is 2.08 bits per heavy atom. The summed E-state index contributed by atoms with van der Waals surface area (Å²) in [4.78, 5) is 12.2.